The molecule has 1 aliphatic rings. The molecule has 0 N–H and O–H groups in total. The maximum Gasteiger partial charge on any atom is 0.225 e. The average molecular weight is 396 g/mol. The predicted molar refractivity (Wildman–Crippen MR) is 109 cm³/mol. The number of hydrogen-bond donors (Lipinski definition) is 0. The van der Waals surface area contributed by atoms with Crippen LogP contribution in [-0.4, -0.2) is 35.3 Å². The molecule has 1 unspecified atom stereocenters. The first-order chi connectivity index (χ1) is 13.9. The Hall–Kier alpha value is -3.15. The standard InChI is InChI=1S/C23H25FN2O3/c1-4-25(15-17-9-10-22(29-3)20(24)13-17)23(28)14-21-19-8-6-5-7-18(19)11-12-26(21)16(2)27/h5-13,21H,4,14-15H2,1-3H3. The van der Waals surface area contributed by atoms with Crippen LogP contribution in [0.15, 0.2) is 48.7 Å². The van der Waals surface area contributed by atoms with Gasteiger partial charge in [-0.1, -0.05) is 30.3 Å². The molecule has 2 aromatic carbocycles. The van der Waals surface area contributed by atoms with Crippen molar-refractivity contribution in [1.82, 2.24) is 9.80 Å². The van der Waals surface area contributed by atoms with Crippen LogP contribution in [0.25, 0.3) is 6.08 Å². The highest BCUT2D eigenvalue weighted by Gasteiger charge is 2.29. The molecule has 0 aromatic heterocycles. The first-order valence-electron chi connectivity index (χ1n) is 9.60. The van der Waals surface area contributed by atoms with Crippen LogP contribution in [0.2, 0.25) is 0 Å². The third-order valence-electron chi connectivity index (χ3n) is 5.16. The lowest BCUT2D eigenvalue weighted by Crippen LogP contribution is -2.37. The van der Waals surface area contributed by atoms with E-state index in [0.717, 1.165) is 11.1 Å². The predicted octanol–water partition coefficient (Wildman–Crippen LogP) is 4.15. The Kier molecular flexibility index (Phi) is 6.32. The van der Waals surface area contributed by atoms with Crippen LogP contribution in [0, 0.1) is 5.82 Å². The van der Waals surface area contributed by atoms with E-state index in [0.29, 0.717) is 18.7 Å². The Morgan fingerprint density at radius 1 is 1.21 bits per heavy atom. The minimum absolute atomic E-state index is 0.0925. The number of halogens is 1. The summed E-state index contributed by atoms with van der Waals surface area (Å²) in [5, 5.41) is 0. The van der Waals surface area contributed by atoms with Gasteiger partial charge in [0.15, 0.2) is 11.6 Å². The second kappa shape index (κ2) is 8.90. The van der Waals surface area contributed by atoms with Crippen molar-refractivity contribution < 1.29 is 18.7 Å². The van der Waals surface area contributed by atoms with Crippen molar-refractivity contribution in [2.75, 3.05) is 13.7 Å². The summed E-state index contributed by atoms with van der Waals surface area (Å²) in [5.41, 5.74) is 2.64. The summed E-state index contributed by atoms with van der Waals surface area (Å²) >= 11 is 0. The maximum absolute atomic E-state index is 14.0. The van der Waals surface area contributed by atoms with Gasteiger partial charge in [0.1, 0.15) is 0 Å². The molecule has 0 aliphatic carbocycles. The maximum atomic E-state index is 14.0. The van der Waals surface area contributed by atoms with Gasteiger partial charge in [0, 0.05) is 26.2 Å². The number of rotatable bonds is 6. The molecule has 5 nitrogen and oxygen atoms in total. The lowest BCUT2D eigenvalue weighted by Gasteiger charge is -2.33. The lowest BCUT2D eigenvalue weighted by atomic mass is 9.93. The van der Waals surface area contributed by atoms with Crippen LogP contribution in [0.4, 0.5) is 4.39 Å². The third-order valence-corrected chi connectivity index (χ3v) is 5.16. The largest absolute Gasteiger partial charge is 0.494 e. The van der Waals surface area contributed by atoms with Crippen molar-refractivity contribution in [1.29, 1.82) is 0 Å². The normalized spacial score (nSPS) is 15.0. The van der Waals surface area contributed by atoms with Crippen molar-refractivity contribution in [3.63, 3.8) is 0 Å². The summed E-state index contributed by atoms with van der Waals surface area (Å²) in [6.07, 6.45) is 3.78. The monoisotopic (exact) mass is 396 g/mol. The summed E-state index contributed by atoms with van der Waals surface area (Å²) in [6.45, 7) is 4.15. The average Bonchev–Trinajstić information content (AvgIpc) is 2.72. The van der Waals surface area contributed by atoms with E-state index in [1.54, 1.807) is 28.1 Å². The van der Waals surface area contributed by atoms with Gasteiger partial charge in [-0.2, -0.15) is 0 Å². The molecule has 0 radical (unpaired) electrons. The highest BCUT2D eigenvalue weighted by atomic mass is 19.1. The molecule has 1 atom stereocenters. The van der Waals surface area contributed by atoms with Crippen LogP contribution in [0.1, 0.15) is 43.0 Å². The first kappa shape index (κ1) is 20.6. The molecular weight excluding hydrogens is 371 g/mol. The summed E-state index contributed by atoms with van der Waals surface area (Å²) in [5.74, 6) is -0.493. The second-order valence-corrected chi connectivity index (χ2v) is 6.97. The van der Waals surface area contributed by atoms with Crippen molar-refractivity contribution in [2.45, 2.75) is 32.9 Å². The topological polar surface area (TPSA) is 49.9 Å². The van der Waals surface area contributed by atoms with Crippen molar-refractivity contribution in [3.05, 3.63) is 71.2 Å². The molecule has 0 fully saturated rings. The van der Waals surface area contributed by atoms with E-state index in [1.165, 1.54) is 20.1 Å². The zero-order valence-corrected chi connectivity index (χ0v) is 16.9. The first-order valence-corrected chi connectivity index (χ1v) is 9.60. The Balaban J connectivity index is 1.80. The Bertz CT molecular complexity index is 941. The summed E-state index contributed by atoms with van der Waals surface area (Å²) in [6, 6.07) is 12.1. The number of hydrogen-bond acceptors (Lipinski definition) is 3. The van der Waals surface area contributed by atoms with Crippen LogP contribution < -0.4 is 4.74 Å². The SMILES string of the molecule is CCN(Cc1ccc(OC)c(F)c1)C(=O)CC1c2ccccc2C=CN1C(C)=O. The smallest absolute Gasteiger partial charge is 0.225 e. The molecule has 0 spiro atoms. The van der Waals surface area contributed by atoms with Gasteiger partial charge in [0.2, 0.25) is 11.8 Å². The molecule has 2 aromatic rings. The molecule has 0 saturated carbocycles. The molecule has 1 aliphatic heterocycles. The number of carbonyl (C=O) groups excluding carboxylic acids is 2. The van der Waals surface area contributed by atoms with E-state index in [4.69, 9.17) is 4.74 Å². The summed E-state index contributed by atoms with van der Waals surface area (Å²) in [4.78, 5) is 28.5. The van der Waals surface area contributed by atoms with Gasteiger partial charge < -0.3 is 14.5 Å². The van der Waals surface area contributed by atoms with Gasteiger partial charge in [0.25, 0.3) is 0 Å². The van der Waals surface area contributed by atoms with Gasteiger partial charge in [-0.15, -0.1) is 0 Å². The number of methoxy groups -OCH3 is 1. The minimum atomic E-state index is -0.456. The zero-order valence-electron chi connectivity index (χ0n) is 16.9. The van der Waals surface area contributed by atoms with Crippen molar-refractivity contribution in [3.8, 4) is 5.75 Å². The van der Waals surface area contributed by atoms with Gasteiger partial charge in [-0.25, -0.2) is 4.39 Å². The van der Waals surface area contributed by atoms with Crippen LogP contribution in [0.3, 0.4) is 0 Å². The number of fused-ring (bicyclic) bond motifs is 1. The van der Waals surface area contributed by atoms with E-state index >= 15 is 0 Å². The third kappa shape index (κ3) is 4.47. The fourth-order valence-electron chi connectivity index (χ4n) is 3.61. The Morgan fingerprint density at radius 2 is 1.97 bits per heavy atom. The number of benzene rings is 2. The van der Waals surface area contributed by atoms with Crippen molar-refractivity contribution >= 4 is 17.9 Å². The molecule has 0 saturated heterocycles. The molecule has 0 bridgehead atoms. The lowest BCUT2D eigenvalue weighted by molar-refractivity contribution is -0.135. The van der Waals surface area contributed by atoms with Crippen LogP contribution >= 0.6 is 0 Å². The minimum Gasteiger partial charge on any atom is -0.494 e. The van der Waals surface area contributed by atoms with E-state index in [-0.39, 0.29) is 30.0 Å². The van der Waals surface area contributed by atoms with Gasteiger partial charge >= 0.3 is 0 Å². The fraction of sp³-hybridized carbons (Fsp3) is 0.304. The fourth-order valence-corrected chi connectivity index (χ4v) is 3.61. The number of ether oxygens (including phenoxy) is 1. The summed E-state index contributed by atoms with van der Waals surface area (Å²) < 4.78 is 19.0. The quantitative estimate of drug-likeness (QED) is 0.737. The highest BCUT2D eigenvalue weighted by molar-refractivity contribution is 5.82. The van der Waals surface area contributed by atoms with Crippen LogP contribution in [-0.2, 0) is 16.1 Å². The van der Waals surface area contributed by atoms with E-state index in [2.05, 4.69) is 0 Å². The Morgan fingerprint density at radius 3 is 2.62 bits per heavy atom. The molecule has 1 heterocycles. The zero-order chi connectivity index (χ0) is 21.0. The van der Waals surface area contributed by atoms with E-state index in [1.807, 2.05) is 37.3 Å². The highest BCUT2D eigenvalue weighted by Crippen LogP contribution is 2.33. The summed E-state index contributed by atoms with van der Waals surface area (Å²) in [7, 11) is 1.41. The molecule has 6 heteroatoms. The molecule has 152 valence electrons. The van der Waals surface area contributed by atoms with E-state index in [9.17, 15) is 14.0 Å². The molecule has 2 amide bonds. The molecule has 29 heavy (non-hydrogen) atoms. The number of carbonyl (C=O) groups is 2. The molecule has 3 rings (SSSR count). The number of nitrogens with zero attached hydrogens (tertiary/aromatic N) is 2. The Labute approximate surface area is 170 Å². The molecular formula is C23H25FN2O3. The van der Waals surface area contributed by atoms with E-state index < -0.39 is 5.82 Å². The van der Waals surface area contributed by atoms with Gasteiger partial charge in [0.05, 0.1) is 19.6 Å². The van der Waals surface area contributed by atoms with Crippen LogP contribution in [0.5, 0.6) is 5.75 Å². The number of amides is 2. The second-order valence-electron chi connectivity index (χ2n) is 6.97. The van der Waals surface area contributed by atoms with Gasteiger partial charge in [-0.05, 0) is 41.8 Å². The van der Waals surface area contributed by atoms with Gasteiger partial charge in [-0.3, -0.25) is 9.59 Å². The van der Waals surface area contributed by atoms with Crippen molar-refractivity contribution in [2.24, 2.45) is 0 Å².